The van der Waals surface area contributed by atoms with E-state index in [2.05, 4.69) is 58.4 Å². The minimum absolute atomic E-state index is 0.392. The molecule has 2 N–H and O–H groups in total. The lowest BCUT2D eigenvalue weighted by Crippen LogP contribution is -2.43. The lowest BCUT2D eigenvalue weighted by molar-refractivity contribution is 0.481. The van der Waals surface area contributed by atoms with Gasteiger partial charge in [-0.3, -0.25) is 4.99 Å². The lowest BCUT2D eigenvalue weighted by Gasteiger charge is -2.21. The maximum absolute atomic E-state index is 4.49. The van der Waals surface area contributed by atoms with E-state index in [9.17, 15) is 0 Å². The first kappa shape index (κ1) is 16.6. The molecule has 0 radical (unpaired) electrons. The Morgan fingerprint density at radius 2 is 2.05 bits per heavy atom. The van der Waals surface area contributed by atoms with Crippen molar-refractivity contribution in [2.45, 2.75) is 46.2 Å². The van der Waals surface area contributed by atoms with Crippen LogP contribution in [0, 0.1) is 5.92 Å². The van der Waals surface area contributed by atoms with Gasteiger partial charge < -0.3 is 15.5 Å². The molecule has 1 aliphatic rings. The van der Waals surface area contributed by atoms with Gasteiger partial charge in [-0.2, -0.15) is 0 Å². The van der Waals surface area contributed by atoms with E-state index in [1.807, 2.05) is 13.2 Å². The summed E-state index contributed by atoms with van der Waals surface area (Å²) in [6.07, 6.45) is 4.44. The summed E-state index contributed by atoms with van der Waals surface area (Å²) in [5.74, 6) is 2.51. The van der Waals surface area contributed by atoms with Gasteiger partial charge in [0.15, 0.2) is 5.96 Å². The molecule has 0 amide bonds. The number of pyridine rings is 1. The van der Waals surface area contributed by atoms with Crippen molar-refractivity contribution >= 4 is 11.8 Å². The summed E-state index contributed by atoms with van der Waals surface area (Å²) < 4.78 is 0. The minimum Gasteiger partial charge on any atom is -0.357 e. The molecule has 2 rings (SSSR count). The van der Waals surface area contributed by atoms with Gasteiger partial charge in [-0.25, -0.2) is 4.98 Å². The Morgan fingerprint density at radius 1 is 1.32 bits per heavy atom. The molecular weight excluding hydrogens is 274 g/mol. The van der Waals surface area contributed by atoms with E-state index in [4.69, 9.17) is 0 Å². The molecule has 122 valence electrons. The summed E-state index contributed by atoms with van der Waals surface area (Å²) in [4.78, 5) is 11.1. The van der Waals surface area contributed by atoms with Crippen LogP contribution in [0.1, 0.15) is 39.2 Å². The number of rotatable bonds is 5. The van der Waals surface area contributed by atoms with Crippen molar-refractivity contribution < 1.29 is 0 Å². The first-order chi connectivity index (χ1) is 10.6. The van der Waals surface area contributed by atoms with E-state index < -0.39 is 0 Å². The molecule has 1 aliphatic heterocycles. The summed E-state index contributed by atoms with van der Waals surface area (Å²) in [5.41, 5.74) is 1.23. The summed E-state index contributed by atoms with van der Waals surface area (Å²) in [7, 11) is 1.81. The first-order valence-corrected chi connectivity index (χ1v) is 8.27. The van der Waals surface area contributed by atoms with Gasteiger partial charge in [-0.05, 0) is 43.4 Å². The second kappa shape index (κ2) is 8.01. The quantitative estimate of drug-likeness (QED) is 0.648. The van der Waals surface area contributed by atoms with Crippen molar-refractivity contribution in [3.63, 3.8) is 0 Å². The monoisotopic (exact) mass is 303 g/mol. The maximum Gasteiger partial charge on any atom is 0.191 e. The number of guanidine groups is 1. The molecule has 0 bridgehead atoms. The Hall–Kier alpha value is -1.78. The normalized spacial score (nSPS) is 17.0. The van der Waals surface area contributed by atoms with Crippen LogP contribution in [0.3, 0.4) is 0 Å². The molecule has 5 nitrogen and oxygen atoms in total. The van der Waals surface area contributed by atoms with Crippen LogP contribution in [0.15, 0.2) is 23.3 Å². The van der Waals surface area contributed by atoms with Gasteiger partial charge in [0.25, 0.3) is 0 Å². The fourth-order valence-electron chi connectivity index (χ4n) is 2.45. The summed E-state index contributed by atoms with van der Waals surface area (Å²) in [5, 5.41) is 6.80. The van der Waals surface area contributed by atoms with Gasteiger partial charge >= 0.3 is 0 Å². The van der Waals surface area contributed by atoms with Crippen LogP contribution >= 0.6 is 0 Å². The molecule has 0 saturated carbocycles. The number of hydrogen-bond donors (Lipinski definition) is 2. The molecule has 2 heterocycles. The minimum atomic E-state index is 0.392. The van der Waals surface area contributed by atoms with Gasteiger partial charge in [0.05, 0.1) is 0 Å². The molecular formula is C17H29N5. The highest BCUT2D eigenvalue weighted by Crippen LogP contribution is 2.18. The molecule has 0 aliphatic carbocycles. The smallest absolute Gasteiger partial charge is 0.191 e. The van der Waals surface area contributed by atoms with Gasteiger partial charge in [0.2, 0.25) is 0 Å². The molecule has 1 atom stereocenters. The predicted octanol–water partition coefficient (Wildman–Crippen LogP) is 2.39. The molecule has 0 aromatic carbocycles. The number of nitrogens with zero attached hydrogens (tertiary/aromatic N) is 3. The number of nitrogens with one attached hydrogen (secondary N) is 2. The van der Waals surface area contributed by atoms with Crippen LogP contribution in [-0.2, 0) is 6.54 Å². The van der Waals surface area contributed by atoms with Crippen LogP contribution in [0.25, 0.3) is 0 Å². The molecule has 1 aromatic heterocycles. The van der Waals surface area contributed by atoms with E-state index in [1.165, 1.54) is 18.4 Å². The van der Waals surface area contributed by atoms with Crippen LogP contribution in [0.2, 0.25) is 0 Å². The van der Waals surface area contributed by atoms with Crippen LogP contribution in [0.4, 0.5) is 5.82 Å². The highest BCUT2D eigenvalue weighted by Gasteiger charge is 2.14. The van der Waals surface area contributed by atoms with Crippen molar-refractivity contribution in [1.82, 2.24) is 15.6 Å². The van der Waals surface area contributed by atoms with Gasteiger partial charge in [-0.15, -0.1) is 0 Å². The van der Waals surface area contributed by atoms with Crippen LogP contribution < -0.4 is 15.5 Å². The topological polar surface area (TPSA) is 52.6 Å². The zero-order valence-corrected chi connectivity index (χ0v) is 14.3. The zero-order chi connectivity index (χ0) is 15.9. The molecule has 1 saturated heterocycles. The van der Waals surface area contributed by atoms with Crippen molar-refractivity contribution in [2.75, 3.05) is 25.0 Å². The van der Waals surface area contributed by atoms with Crippen molar-refractivity contribution in [3.8, 4) is 0 Å². The predicted molar refractivity (Wildman–Crippen MR) is 93.3 cm³/mol. The third-order valence-corrected chi connectivity index (χ3v) is 4.29. The van der Waals surface area contributed by atoms with Crippen LogP contribution in [0.5, 0.6) is 0 Å². The Bertz CT molecular complexity index is 492. The number of hydrogen-bond acceptors (Lipinski definition) is 3. The second-order valence-electron chi connectivity index (χ2n) is 6.32. The number of aromatic nitrogens is 1. The Kier molecular flexibility index (Phi) is 6.04. The van der Waals surface area contributed by atoms with E-state index >= 15 is 0 Å². The van der Waals surface area contributed by atoms with Gasteiger partial charge in [-0.1, -0.05) is 13.8 Å². The highest BCUT2D eigenvalue weighted by atomic mass is 15.2. The van der Waals surface area contributed by atoms with E-state index in [0.29, 0.717) is 12.0 Å². The van der Waals surface area contributed by atoms with Gasteiger partial charge in [0.1, 0.15) is 5.82 Å². The summed E-state index contributed by atoms with van der Waals surface area (Å²) in [6.45, 7) is 9.59. The van der Waals surface area contributed by atoms with Crippen molar-refractivity contribution in [3.05, 3.63) is 23.9 Å². The van der Waals surface area contributed by atoms with Gasteiger partial charge in [0, 0.05) is 38.9 Å². The highest BCUT2D eigenvalue weighted by molar-refractivity contribution is 5.79. The third-order valence-electron chi connectivity index (χ3n) is 4.29. The van der Waals surface area contributed by atoms with E-state index in [1.54, 1.807) is 0 Å². The van der Waals surface area contributed by atoms with Crippen molar-refractivity contribution in [2.24, 2.45) is 10.9 Å². The number of anilines is 1. The average molecular weight is 303 g/mol. The standard InChI is InChI=1S/C17H29N5/c1-13(2)14(3)21-17(18-4)20-12-15-7-8-19-16(11-15)22-9-5-6-10-22/h7-8,11,13-14H,5-6,9-10,12H2,1-4H3,(H2,18,20,21). The molecule has 0 spiro atoms. The molecule has 22 heavy (non-hydrogen) atoms. The van der Waals surface area contributed by atoms with Crippen LogP contribution in [-0.4, -0.2) is 37.1 Å². The Labute approximate surface area is 134 Å². The zero-order valence-electron chi connectivity index (χ0n) is 14.3. The molecule has 5 heteroatoms. The SMILES string of the molecule is CN=C(NCc1ccnc(N2CCCC2)c1)NC(C)C(C)C. The molecule has 1 unspecified atom stereocenters. The second-order valence-corrected chi connectivity index (χ2v) is 6.32. The Morgan fingerprint density at radius 3 is 2.68 bits per heavy atom. The molecule has 1 aromatic rings. The first-order valence-electron chi connectivity index (χ1n) is 8.27. The van der Waals surface area contributed by atoms with E-state index in [0.717, 1.165) is 31.4 Å². The lowest BCUT2D eigenvalue weighted by atomic mass is 10.1. The van der Waals surface area contributed by atoms with Crippen molar-refractivity contribution in [1.29, 1.82) is 0 Å². The maximum atomic E-state index is 4.49. The fourth-order valence-corrected chi connectivity index (χ4v) is 2.45. The number of aliphatic imine (C=N–C) groups is 1. The summed E-state index contributed by atoms with van der Waals surface area (Å²) in [6, 6.07) is 4.63. The average Bonchev–Trinajstić information content (AvgIpc) is 3.05. The largest absolute Gasteiger partial charge is 0.357 e. The fraction of sp³-hybridized carbons (Fsp3) is 0.647. The Balaban J connectivity index is 1.91. The third kappa shape index (κ3) is 4.61. The van der Waals surface area contributed by atoms with E-state index in [-0.39, 0.29) is 0 Å². The summed E-state index contributed by atoms with van der Waals surface area (Å²) >= 11 is 0. The molecule has 1 fully saturated rings.